The monoisotopic (exact) mass is 256 g/mol. The third-order valence-electron chi connectivity index (χ3n) is 3.67. The Labute approximate surface area is 96.8 Å². The van der Waals surface area contributed by atoms with Crippen molar-refractivity contribution in [2.24, 2.45) is 16.5 Å². The number of nitrogens with one attached hydrogen (secondary N) is 1. The predicted octanol–water partition coefficient (Wildman–Crippen LogP) is 1.72. The summed E-state index contributed by atoms with van der Waals surface area (Å²) in [7, 11) is 0. The van der Waals surface area contributed by atoms with Gasteiger partial charge in [-0.1, -0.05) is 5.16 Å². The van der Waals surface area contributed by atoms with Gasteiger partial charge in [0.15, 0.2) is 0 Å². The van der Waals surface area contributed by atoms with E-state index in [1.54, 1.807) is 0 Å². The predicted molar refractivity (Wildman–Crippen MR) is 53.6 cm³/mol. The summed E-state index contributed by atoms with van der Waals surface area (Å²) >= 11 is 0. The van der Waals surface area contributed by atoms with Gasteiger partial charge in [-0.2, -0.15) is 13.2 Å². The van der Waals surface area contributed by atoms with Crippen LogP contribution in [-0.4, -0.2) is 31.1 Å². The van der Waals surface area contributed by atoms with Crippen LogP contribution in [0.4, 0.5) is 13.2 Å². The van der Waals surface area contributed by atoms with E-state index in [4.69, 9.17) is 0 Å². The van der Waals surface area contributed by atoms with E-state index in [1.165, 1.54) is 0 Å². The molecule has 1 saturated carbocycles. The van der Waals surface area contributed by atoms with Gasteiger partial charge in [0.1, 0.15) is 0 Å². The number of nitrogens with zero attached hydrogens (tertiary/aromatic N) is 1. The van der Waals surface area contributed by atoms with E-state index < -0.39 is 12.3 Å². The maximum Gasteiger partial charge on any atom is 0.428 e. The van der Waals surface area contributed by atoms with Gasteiger partial charge in [0.25, 0.3) is 0 Å². The first-order valence-electron chi connectivity index (χ1n) is 5.03. The van der Waals surface area contributed by atoms with Crippen LogP contribution in [0.2, 0.25) is 0 Å². The average Bonchev–Trinajstić information content (AvgIpc) is 2.63. The number of hydrogen-bond acceptors (Lipinski definition) is 3. The minimum Gasteiger partial charge on any atom is -0.382 e. The summed E-state index contributed by atoms with van der Waals surface area (Å²) in [6, 6.07) is 0. The first kappa shape index (κ1) is 12.0. The summed E-state index contributed by atoms with van der Waals surface area (Å²) in [5, 5.41) is 6.81. The molecule has 3 rings (SSSR count). The molecule has 1 saturated heterocycles. The molecule has 0 aromatic carbocycles. The highest BCUT2D eigenvalue weighted by Crippen LogP contribution is 2.57. The second-order valence-electron chi connectivity index (χ2n) is 4.57. The van der Waals surface area contributed by atoms with Crippen molar-refractivity contribution in [3.63, 3.8) is 0 Å². The molecule has 7 heteroatoms. The number of alkyl halides is 3. The standard InChI is InChI=1S/C9H11F3N2O.ClH/c10-9(11,12)7-1-6(14-15-7)8-2-5(8)3-13-4-8;/h5,7,13H,1-4H2;1H/t5-,7?,8-;/m0./s1. The van der Waals surface area contributed by atoms with E-state index in [0.717, 1.165) is 19.5 Å². The highest BCUT2D eigenvalue weighted by molar-refractivity contribution is 5.94. The summed E-state index contributed by atoms with van der Waals surface area (Å²) in [5.74, 6) is 0.479. The third kappa shape index (κ3) is 1.59. The third-order valence-corrected chi connectivity index (χ3v) is 3.67. The van der Waals surface area contributed by atoms with Crippen molar-refractivity contribution in [1.82, 2.24) is 5.32 Å². The largest absolute Gasteiger partial charge is 0.428 e. The second kappa shape index (κ2) is 3.50. The average molecular weight is 257 g/mol. The first-order chi connectivity index (χ1) is 7.02. The fourth-order valence-corrected chi connectivity index (χ4v) is 2.64. The van der Waals surface area contributed by atoms with Gasteiger partial charge >= 0.3 is 6.18 Å². The molecular weight excluding hydrogens is 245 g/mol. The van der Waals surface area contributed by atoms with Gasteiger partial charge in [0, 0.05) is 18.4 Å². The van der Waals surface area contributed by atoms with Gasteiger partial charge in [0.05, 0.1) is 5.71 Å². The van der Waals surface area contributed by atoms with Gasteiger partial charge in [-0.05, 0) is 18.9 Å². The van der Waals surface area contributed by atoms with Crippen LogP contribution in [0.1, 0.15) is 12.8 Å². The van der Waals surface area contributed by atoms with Crippen molar-refractivity contribution in [3.8, 4) is 0 Å². The molecule has 3 aliphatic rings. The highest BCUT2D eigenvalue weighted by atomic mass is 35.5. The Morgan fingerprint density at radius 1 is 1.44 bits per heavy atom. The molecule has 92 valence electrons. The topological polar surface area (TPSA) is 33.6 Å². The number of oxime groups is 1. The SMILES string of the molecule is Cl.FC(F)(F)C1CC([C@@]23CNC[C@@H]2C3)=NO1. The molecule has 2 aliphatic heterocycles. The zero-order chi connectivity index (χ0) is 10.7. The quantitative estimate of drug-likeness (QED) is 0.775. The smallest absolute Gasteiger partial charge is 0.382 e. The molecule has 0 bridgehead atoms. The van der Waals surface area contributed by atoms with Crippen molar-refractivity contribution >= 4 is 18.1 Å². The van der Waals surface area contributed by atoms with E-state index in [1.807, 2.05) is 0 Å². The van der Waals surface area contributed by atoms with Gasteiger partial charge in [-0.3, -0.25) is 0 Å². The molecule has 2 fully saturated rings. The summed E-state index contributed by atoms with van der Waals surface area (Å²) in [5.41, 5.74) is 0.514. The summed E-state index contributed by atoms with van der Waals surface area (Å²) in [6.07, 6.45) is -5.13. The Hall–Kier alpha value is -0.490. The number of halogens is 4. The molecule has 1 aliphatic carbocycles. The summed E-state index contributed by atoms with van der Waals surface area (Å²) in [6.45, 7) is 1.65. The molecule has 0 spiro atoms. The maximum atomic E-state index is 12.3. The molecule has 3 atom stereocenters. The van der Waals surface area contributed by atoms with Crippen LogP contribution in [0.3, 0.4) is 0 Å². The van der Waals surface area contributed by atoms with Gasteiger partial charge in [-0.15, -0.1) is 12.4 Å². The summed E-state index contributed by atoms with van der Waals surface area (Å²) < 4.78 is 37.0. The Kier molecular flexibility index (Phi) is 2.62. The molecule has 2 heterocycles. The lowest BCUT2D eigenvalue weighted by molar-refractivity contribution is -0.212. The van der Waals surface area contributed by atoms with Gasteiger partial charge < -0.3 is 10.2 Å². The number of fused-ring (bicyclic) bond motifs is 1. The molecule has 0 aromatic rings. The van der Waals surface area contributed by atoms with Crippen molar-refractivity contribution in [2.75, 3.05) is 13.1 Å². The zero-order valence-electron chi connectivity index (χ0n) is 8.38. The fourth-order valence-electron chi connectivity index (χ4n) is 2.64. The molecule has 0 aromatic heterocycles. The van der Waals surface area contributed by atoms with Crippen LogP contribution < -0.4 is 5.32 Å². The lowest BCUT2D eigenvalue weighted by Crippen LogP contribution is -2.31. The van der Waals surface area contributed by atoms with Crippen molar-refractivity contribution in [3.05, 3.63) is 0 Å². The van der Waals surface area contributed by atoms with E-state index in [2.05, 4.69) is 15.3 Å². The first-order valence-corrected chi connectivity index (χ1v) is 5.03. The van der Waals surface area contributed by atoms with Crippen LogP contribution >= 0.6 is 12.4 Å². The van der Waals surface area contributed by atoms with E-state index >= 15 is 0 Å². The molecular formula is C9H12ClF3N2O. The molecule has 1 N–H and O–H groups in total. The number of rotatable bonds is 1. The van der Waals surface area contributed by atoms with Crippen LogP contribution in [0.5, 0.6) is 0 Å². The Balaban J connectivity index is 0.000000963. The Morgan fingerprint density at radius 2 is 2.19 bits per heavy atom. The van der Waals surface area contributed by atoms with E-state index in [0.29, 0.717) is 11.6 Å². The Bertz CT molecular complexity index is 333. The molecule has 3 nitrogen and oxygen atoms in total. The number of hydrogen-bond donors (Lipinski definition) is 1. The lowest BCUT2D eigenvalue weighted by Gasteiger charge is -2.13. The molecule has 1 unspecified atom stereocenters. The molecule has 0 radical (unpaired) electrons. The van der Waals surface area contributed by atoms with Crippen molar-refractivity contribution in [2.45, 2.75) is 25.1 Å². The lowest BCUT2D eigenvalue weighted by atomic mass is 9.95. The summed E-state index contributed by atoms with van der Waals surface area (Å²) in [4.78, 5) is 4.47. The molecule has 16 heavy (non-hydrogen) atoms. The van der Waals surface area contributed by atoms with Crippen molar-refractivity contribution < 1.29 is 18.0 Å². The van der Waals surface area contributed by atoms with Crippen LogP contribution in [-0.2, 0) is 4.84 Å². The minimum atomic E-state index is -4.29. The van der Waals surface area contributed by atoms with Gasteiger partial charge in [-0.25, -0.2) is 0 Å². The maximum absolute atomic E-state index is 12.3. The highest BCUT2D eigenvalue weighted by Gasteiger charge is 2.63. The minimum absolute atomic E-state index is 0. The zero-order valence-corrected chi connectivity index (χ0v) is 9.20. The van der Waals surface area contributed by atoms with Crippen LogP contribution in [0.25, 0.3) is 0 Å². The fraction of sp³-hybridized carbons (Fsp3) is 0.889. The van der Waals surface area contributed by atoms with Gasteiger partial charge in [0.2, 0.25) is 6.10 Å². The number of piperidine rings is 1. The van der Waals surface area contributed by atoms with Crippen LogP contribution in [0, 0.1) is 11.3 Å². The van der Waals surface area contributed by atoms with Crippen molar-refractivity contribution in [1.29, 1.82) is 0 Å². The molecule has 0 amide bonds. The van der Waals surface area contributed by atoms with E-state index in [9.17, 15) is 13.2 Å². The van der Waals surface area contributed by atoms with Crippen LogP contribution in [0.15, 0.2) is 5.16 Å². The second-order valence-corrected chi connectivity index (χ2v) is 4.57. The van der Waals surface area contributed by atoms with E-state index in [-0.39, 0.29) is 24.2 Å². The Morgan fingerprint density at radius 3 is 2.62 bits per heavy atom. The normalized spacial score (nSPS) is 40.8.